The van der Waals surface area contributed by atoms with Crippen LogP contribution in [0, 0.1) is 0 Å². The monoisotopic (exact) mass is 219 g/mol. The molecule has 0 spiro atoms. The minimum absolute atomic E-state index is 0.0702. The molecule has 16 heavy (non-hydrogen) atoms. The van der Waals surface area contributed by atoms with Gasteiger partial charge in [-0.05, 0) is 25.1 Å². The van der Waals surface area contributed by atoms with E-state index in [1.807, 2.05) is 12.1 Å². The van der Waals surface area contributed by atoms with Crippen molar-refractivity contribution in [2.45, 2.75) is 6.92 Å². The van der Waals surface area contributed by atoms with Gasteiger partial charge in [0.1, 0.15) is 0 Å². The number of nitrogen functional groups attached to an aromatic ring is 1. The average molecular weight is 219 g/mol. The fourth-order valence-electron chi connectivity index (χ4n) is 2.02. The van der Waals surface area contributed by atoms with Crippen molar-refractivity contribution in [1.29, 1.82) is 0 Å². The van der Waals surface area contributed by atoms with Crippen LogP contribution >= 0.6 is 0 Å². The third-order valence-electron chi connectivity index (χ3n) is 2.86. The average Bonchev–Trinajstić information content (AvgIpc) is 2.30. The lowest BCUT2D eigenvalue weighted by Gasteiger charge is -2.30. The van der Waals surface area contributed by atoms with Crippen molar-refractivity contribution in [3.8, 4) is 0 Å². The number of nitrogens with one attached hydrogen (secondary N) is 1. The first-order chi connectivity index (χ1) is 7.68. The van der Waals surface area contributed by atoms with Crippen molar-refractivity contribution in [2.75, 3.05) is 36.8 Å². The Morgan fingerprint density at radius 2 is 2.06 bits per heavy atom. The van der Waals surface area contributed by atoms with E-state index in [-0.39, 0.29) is 5.78 Å². The topological polar surface area (TPSA) is 58.4 Å². The molecule has 4 heteroatoms. The lowest BCUT2D eigenvalue weighted by atomic mass is 10.1. The quantitative estimate of drug-likeness (QED) is 0.572. The number of nitrogens with two attached hydrogens (primary N) is 1. The van der Waals surface area contributed by atoms with Gasteiger partial charge in [-0.3, -0.25) is 4.79 Å². The van der Waals surface area contributed by atoms with E-state index in [0.717, 1.165) is 37.4 Å². The Kier molecular flexibility index (Phi) is 3.10. The third-order valence-corrected chi connectivity index (χ3v) is 2.86. The fourth-order valence-corrected chi connectivity index (χ4v) is 2.02. The maximum atomic E-state index is 11.6. The zero-order valence-electron chi connectivity index (χ0n) is 9.49. The van der Waals surface area contributed by atoms with Gasteiger partial charge in [0.2, 0.25) is 0 Å². The van der Waals surface area contributed by atoms with Crippen LogP contribution in [0.4, 0.5) is 11.4 Å². The van der Waals surface area contributed by atoms with Gasteiger partial charge in [-0.1, -0.05) is 0 Å². The SMILES string of the molecule is CC(=O)c1cc(N)ccc1N1CCNCC1. The molecule has 0 amide bonds. The Morgan fingerprint density at radius 1 is 1.38 bits per heavy atom. The van der Waals surface area contributed by atoms with Crippen molar-refractivity contribution in [1.82, 2.24) is 5.32 Å². The predicted octanol–water partition coefficient (Wildman–Crippen LogP) is 0.881. The van der Waals surface area contributed by atoms with Crippen LogP contribution in [-0.4, -0.2) is 32.0 Å². The first kappa shape index (κ1) is 11.0. The second kappa shape index (κ2) is 4.53. The van der Waals surface area contributed by atoms with Gasteiger partial charge >= 0.3 is 0 Å². The summed E-state index contributed by atoms with van der Waals surface area (Å²) in [5, 5.41) is 3.29. The van der Waals surface area contributed by atoms with E-state index >= 15 is 0 Å². The van der Waals surface area contributed by atoms with Crippen LogP contribution < -0.4 is 16.0 Å². The van der Waals surface area contributed by atoms with Crippen molar-refractivity contribution in [3.05, 3.63) is 23.8 Å². The number of anilines is 2. The molecule has 1 heterocycles. The first-order valence-electron chi connectivity index (χ1n) is 5.54. The van der Waals surface area contributed by atoms with Crippen LogP contribution in [0.25, 0.3) is 0 Å². The maximum Gasteiger partial charge on any atom is 0.161 e. The molecule has 0 bridgehead atoms. The van der Waals surface area contributed by atoms with Crippen LogP contribution in [0.5, 0.6) is 0 Å². The number of ketones is 1. The number of rotatable bonds is 2. The summed E-state index contributed by atoms with van der Waals surface area (Å²) in [4.78, 5) is 13.8. The van der Waals surface area contributed by atoms with Crippen molar-refractivity contribution in [2.24, 2.45) is 0 Å². The minimum Gasteiger partial charge on any atom is -0.399 e. The number of benzene rings is 1. The Bertz CT molecular complexity index is 397. The standard InChI is InChI=1S/C12H17N3O/c1-9(16)11-8-10(13)2-3-12(11)15-6-4-14-5-7-15/h2-3,8,14H,4-7,13H2,1H3. The van der Waals surface area contributed by atoms with Gasteiger partial charge in [0.25, 0.3) is 0 Å². The fraction of sp³-hybridized carbons (Fsp3) is 0.417. The Balaban J connectivity index is 2.34. The Hall–Kier alpha value is -1.55. The van der Waals surface area contributed by atoms with E-state index < -0.39 is 0 Å². The van der Waals surface area contributed by atoms with Crippen LogP contribution in [0.3, 0.4) is 0 Å². The number of carbonyl (C=O) groups excluding carboxylic acids is 1. The van der Waals surface area contributed by atoms with E-state index in [2.05, 4.69) is 10.2 Å². The van der Waals surface area contributed by atoms with E-state index in [9.17, 15) is 4.79 Å². The van der Waals surface area contributed by atoms with Gasteiger partial charge in [0, 0.05) is 43.1 Å². The number of Topliss-reactive ketones (excluding diaryl/α,β-unsaturated/α-hetero) is 1. The van der Waals surface area contributed by atoms with Crippen molar-refractivity contribution in [3.63, 3.8) is 0 Å². The molecule has 1 aromatic carbocycles. The third kappa shape index (κ3) is 2.17. The van der Waals surface area contributed by atoms with E-state index in [1.165, 1.54) is 0 Å². The summed E-state index contributed by atoms with van der Waals surface area (Å²) in [7, 11) is 0. The molecule has 0 aliphatic carbocycles. The van der Waals surface area contributed by atoms with E-state index in [0.29, 0.717) is 5.69 Å². The molecule has 1 fully saturated rings. The summed E-state index contributed by atoms with van der Waals surface area (Å²) in [6, 6.07) is 5.56. The summed E-state index contributed by atoms with van der Waals surface area (Å²) in [5.74, 6) is 0.0702. The molecule has 3 N–H and O–H groups in total. The molecule has 1 aliphatic rings. The normalized spacial score (nSPS) is 16.2. The zero-order valence-corrected chi connectivity index (χ0v) is 9.49. The summed E-state index contributed by atoms with van der Waals surface area (Å²) in [6.45, 7) is 5.37. The second-order valence-electron chi connectivity index (χ2n) is 4.07. The number of nitrogens with zero attached hydrogens (tertiary/aromatic N) is 1. The molecule has 0 saturated carbocycles. The molecular weight excluding hydrogens is 202 g/mol. The highest BCUT2D eigenvalue weighted by atomic mass is 16.1. The highest BCUT2D eigenvalue weighted by Gasteiger charge is 2.16. The Labute approximate surface area is 95.4 Å². The number of piperazine rings is 1. The van der Waals surface area contributed by atoms with Crippen molar-refractivity contribution < 1.29 is 4.79 Å². The minimum atomic E-state index is 0.0702. The highest BCUT2D eigenvalue weighted by molar-refractivity contribution is 6.00. The smallest absolute Gasteiger partial charge is 0.161 e. The molecule has 1 aliphatic heterocycles. The van der Waals surface area contributed by atoms with Gasteiger partial charge < -0.3 is 16.0 Å². The predicted molar refractivity (Wildman–Crippen MR) is 65.9 cm³/mol. The molecule has 0 aromatic heterocycles. The van der Waals surface area contributed by atoms with Gasteiger partial charge in [0.15, 0.2) is 5.78 Å². The van der Waals surface area contributed by atoms with Gasteiger partial charge in [-0.2, -0.15) is 0 Å². The first-order valence-corrected chi connectivity index (χ1v) is 5.54. The number of carbonyl (C=O) groups is 1. The molecule has 0 atom stereocenters. The molecule has 2 rings (SSSR count). The van der Waals surface area contributed by atoms with E-state index in [4.69, 9.17) is 5.73 Å². The molecule has 4 nitrogen and oxygen atoms in total. The van der Waals surface area contributed by atoms with Crippen LogP contribution in [-0.2, 0) is 0 Å². The van der Waals surface area contributed by atoms with Gasteiger partial charge in [-0.25, -0.2) is 0 Å². The summed E-state index contributed by atoms with van der Waals surface area (Å²) >= 11 is 0. The molecule has 1 saturated heterocycles. The number of hydrogen-bond acceptors (Lipinski definition) is 4. The van der Waals surface area contributed by atoms with Crippen LogP contribution in [0.1, 0.15) is 17.3 Å². The molecule has 0 unspecified atom stereocenters. The molecular formula is C12H17N3O. The summed E-state index contributed by atoms with van der Waals surface area (Å²) in [6.07, 6.45) is 0. The lowest BCUT2D eigenvalue weighted by molar-refractivity contribution is 0.101. The molecule has 1 aromatic rings. The van der Waals surface area contributed by atoms with Crippen molar-refractivity contribution >= 4 is 17.2 Å². The van der Waals surface area contributed by atoms with Crippen LogP contribution in [0.2, 0.25) is 0 Å². The molecule has 86 valence electrons. The van der Waals surface area contributed by atoms with Gasteiger partial charge in [-0.15, -0.1) is 0 Å². The summed E-state index contributed by atoms with van der Waals surface area (Å²) in [5.41, 5.74) is 8.08. The van der Waals surface area contributed by atoms with E-state index in [1.54, 1.807) is 13.0 Å². The zero-order chi connectivity index (χ0) is 11.5. The van der Waals surface area contributed by atoms with Gasteiger partial charge in [0.05, 0.1) is 0 Å². The highest BCUT2D eigenvalue weighted by Crippen LogP contribution is 2.23. The molecule has 0 radical (unpaired) electrons. The largest absolute Gasteiger partial charge is 0.399 e. The lowest BCUT2D eigenvalue weighted by Crippen LogP contribution is -2.44. The summed E-state index contributed by atoms with van der Waals surface area (Å²) < 4.78 is 0. The van der Waals surface area contributed by atoms with Crippen LogP contribution in [0.15, 0.2) is 18.2 Å². The Morgan fingerprint density at radius 3 is 2.69 bits per heavy atom. The maximum absolute atomic E-state index is 11.6. The second-order valence-corrected chi connectivity index (χ2v) is 4.07. The number of hydrogen-bond donors (Lipinski definition) is 2.